The zero-order valence-electron chi connectivity index (χ0n) is 18.1. The minimum absolute atomic E-state index is 0.178. The molecule has 1 aliphatic rings. The molecule has 2 amide bonds. The smallest absolute Gasteiger partial charge is 0.410 e. The van der Waals surface area contributed by atoms with E-state index in [0.717, 1.165) is 11.3 Å². The molecule has 0 N–H and O–H groups in total. The molecular weight excluding hydrogens is 384 g/mol. The van der Waals surface area contributed by atoms with Crippen LogP contribution in [0, 0.1) is 6.92 Å². The zero-order chi connectivity index (χ0) is 21.7. The van der Waals surface area contributed by atoms with Crippen molar-refractivity contribution in [1.82, 2.24) is 9.80 Å². The quantitative estimate of drug-likeness (QED) is 0.748. The first-order valence-corrected chi connectivity index (χ1v) is 10.3. The monoisotopic (exact) mass is 414 g/mol. The molecule has 1 aromatic heterocycles. The molecule has 0 spiro atoms. The minimum atomic E-state index is -0.538. The summed E-state index contributed by atoms with van der Waals surface area (Å²) in [5.41, 5.74) is 0.577. The van der Waals surface area contributed by atoms with Crippen molar-refractivity contribution in [2.24, 2.45) is 0 Å². The van der Waals surface area contributed by atoms with E-state index in [4.69, 9.17) is 13.9 Å². The maximum atomic E-state index is 12.8. The predicted molar refractivity (Wildman–Crippen MR) is 113 cm³/mol. The molecule has 0 saturated carbocycles. The van der Waals surface area contributed by atoms with Gasteiger partial charge in [0.25, 0.3) is 5.91 Å². The molecule has 30 heavy (non-hydrogen) atoms. The highest BCUT2D eigenvalue weighted by Gasteiger charge is 2.27. The molecule has 3 rings (SSSR count). The third-order valence-electron chi connectivity index (χ3n) is 4.68. The molecule has 7 heteroatoms. The van der Waals surface area contributed by atoms with E-state index in [1.54, 1.807) is 21.9 Å². The summed E-state index contributed by atoms with van der Waals surface area (Å²) in [6.45, 7) is 9.78. The van der Waals surface area contributed by atoms with Crippen LogP contribution in [0.5, 0.6) is 5.75 Å². The van der Waals surface area contributed by atoms with Gasteiger partial charge in [0.05, 0.1) is 0 Å². The summed E-state index contributed by atoms with van der Waals surface area (Å²) < 4.78 is 16.9. The van der Waals surface area contributed by atoms with Crippen molar-refractivity contribution in [2.75, 3.05) is 26.2 Å². The maximum Gasteiger partial charge on any atom is 0.410 e. The van der Waals surface area contributed by atoms with Gasteiger partial charge in [0.2, 0.25) is 0 Å². The Morgan fingerprint density at radius 3 is 2.50 bits per heavy atom. The largest absolute Gasteiger partial charge is 0.486 e. The third kappa shape index (κ3) is 6.02. The second kappa shape index (κ2) is 9.24. The normalized spacial score (nSPS) is 14.9. The number of benzene rings is 1. The Balaban J connectivity index is 1.54. The summed E-state index contributed by atoms with van der Waals surface area (Å²) >= 11 is 0. The van der Waals surface area contributed by atoms with Crippen molar-refractivity contribution >= 4 is 12.0 Å². The van der Waals surface area contributed by atoms with Gasteiger partial charge in [-0.25, -0.2) is 4.79 Å². The molecule has 0 radical (unpaired) electrons. The van der Waals surface area contributed by atoms with E-state index in [0.29, 0.717) is 38.4 Å². The summed E-state index contributed by atoms with van der Waals surface area (Å²) in [7, 11) is 0. The first-order valence-electron chi connectivity index (χ1n) is 10.3. The summed E-state index contributed by atoms with van der Waals surface area (Å²) in [5.74, 6) is 1.45. The van der Waals surface area contributed by atoms with Crippen molar-refractivity contribution in [3.63, 3.8) is 0 Å². The number of rotatable bonds is 4. The van der Waals surface area contributed by atoms with Crippen molar-refractivity contribution in [2.45, 2.75) is 46.3 Å². The van der Waals surface area contributed by atoms with Gasteiger partial charge in [0.15, 0.2) is 5.76 Å². The van der Waals surface area contributed by atoms with Crippen LogP contribution in [-0.4, -0.2) is 53.6 Å². The Morgan fingerprint density at radius 2 is 1.77 bits per heavy atom. The number of furan rings is 1. The number of carbonyl (C=O) groups is 2. The Kier molecular flexibility index (Phi) is 6.70. The van der Waals surface area contributed by atoms with E-state index in [-0.39, 0.29) is 24.4 Å². The lowest BCUT2D eigenvalue weighted by atomic mass is 10.2. The molecule has 162 valence electrons. The molecule has 2 aromatic rings. The lowest BCUT2D eigenvalue weighted by Gasteiger charge is -2.26. The molecule has 7 nitrogen and oxygen atoms in total. The van der Waals surface area contributed by atoms with Crippen molar-refractivity contribution in [3.8, 4) is 5.75 Å². The number of ether oxygens (including phenoxy) is 2. The van der Waals surface area contributed by atoms with Gasteiger partial charge in [-0.1, -0.05) is 12.1 Å². The Bertz CT molecular complexity index is 884. The van der Waals surface area contributed by atoms with E-state index < -0.39 is 5.60 Å². The molecule has 1 saturated heterocycles. The van der Waals surface area contributed by atoms with Crippen LogP contribution in [-0.2, 0) is 11.3 Å². The van der Waals surface area contributed by atoms with Crippen LogP contribution >= 0.6 is 0 Å². The topological polar surface area (TPSA) is 72.2 Å². The molecule has 2 heterocycles. The first-order chi connectivity index (χ1) is 14.2. The standard InChI is InChI=1S/C23H30N2O5/c1-17-7-5-8-18(15-17)28-16-19-9-10-20(29-19)21(26)24-11-6-12-25(14-13-24)22(27)30-23(2,3)4/h5,7-10,15H,6,11-14,16H2,1-4H3. The number of hydrogen-bond donors (Lipinski definition) is 0. The number of nitrogens with zero attached hydrogens (tertiary/aromatic N) is 2. The fourth-order valence-corrected chi connectivity index (χ4v) is 3.22. The van der Waals surface area contributed by atoms with Crippen LogP contribution in [0.25, 0.3) is 0 Å². The van der Waals surface area contributed by atoms with Crippen LogP contribution in [0.3, 0.4) is 0 Å². The molecule has 1 aliphatic heterocycles. The van der Waals surface area contributed by atoms with E-state index in [9.17, 15) is 9.59 Å². The van der Waals surface area contributed by atoms with Gasteiger partial charge in [-0.15, -0.1) is 0 Å². The van der Waals surface area contributed by atoms with Gasteiger partial charge in [-0.05, 0) is 63.9 Å². The highest BCUT2D eigenvalue weighted by Crippen LogP contribution is 2.18. The van der Waals surface area contributed by atoms with Crippen molar-refractivity contribution < 1.29 is 23.5 Å². The third-order valence-corrected chi connectivity index (χ3v) is 4.68. The first kappa shape index (κ1) is 21.7. The lowest BCUT2D eigenvalue weighted by Crippen LogP contribution is -2.40. The number of aryl methyl sites for hydroxylation is 1. The minimum Gasteiger partial charge on any atom is -0.486 e. The van der Waals surface area contributed by atoms with Crippen molar-refractivity contribution in [1.29, 1.82) is 0 Å². The summed E-state index contributed by atoms with van der Waals surface area (Å²) in [6, 6.07) is 11.2. The van der Waals surface area contributed by atoms with Crippen molar-refractivity contribution in [3.05, 3.63) is 53.5 Å². The van der Waals surface area contributed by atoms with E-state index in [2.05, 4.69) is 0 Å². The molecule has 0 bridgehead atoms. The van der Waals surface area contributed by atoms with Gasteiger partial charge >= 0.3 is 6.09 Å². The van der Waals surface area contributed by atoms with Crippen LogP contribution in [0.15, 0.2) is 40.8 Å². The summed E-state index contributed by atoms with van der Waals surface area (Å²) in [6.07, 6.45) is 0.347. The predicted octanol–water partition coefficient (Wildman–Crippen LogP) is 4.25. The highest BCUT2D eigenvalue weighted by atomic mass is 16.6. The molecule has 0 unspecified atom stereocenters. The van der Waals surface area contributed by atoms with Crippen LogP contribution in [0.1, 0.15) is 49.1 Å². The summed E-state index contributed by atoms with van der Waals surface area (Å²) in [5, 5.41) is 0. The van der Waals surface area contributed by atoms with Gasteiger partial charge in [0.1, 0.15) is 23.7 Å². The van der Waals surface area contributed by atoms with E-state index in [1.807, 2.05) is 52.0 Å². The average Bonchev–Trinajstić information content (AvgIpc) is 3.00. The zero-order valence-corrected chi connectivity index (χ0v) is 18.1. The van der Waals surface area contributed by atoms with Crippen LogP contribution in [0.2, 0.25) is 0 Å². The van der Waals surface area contributed by atoms with E-state index >= 15 is 0 Å². The van der Waals surface area contributed by atoms with Gasteiger partial charge < -0.3 is 23.7 Å². The van der Waals surface area contributed by atoms with Crippen LogP contribution < -0.4 is 4.74 Å². The lowest BCUT2D eigenvalue weighted by molar-refractivity contribution is 0.0255. The van der Waals surface area contributed by atoms with Gasteiger partial charge in [0, 0.05) is 26.2 Å². The molecule has 1 aromatic carbocycles. The molecule has 1 fully saturated rings. The van der Waals surface area contributed by atoms with Gasteiger partial charge in [-0.3, -0.25) is 4.79 Å². The van der Waals surface area contributed by atoms with Gasteiger partial charge in [-0.2, -0.15) is 0 Å². The van der Waals surface area contributed by atoms with E-state index in [1.165, 1.54) is 0 Å². The fraction of sp³-hybridized carbons (Fsp3) is 0.478. The highest BCUT2D eigenvalue weighted by molar-refractivity contribution is 5.91. The Hall–Kier alpha value is -2.96. The maximum absolute atomic E-state index is 12.8. The Labute approximate surface area is 177 Å². The fourth-order valence-electron chi connectivity index (χ4n) is 3.22. The number of hydrogen-bond acceptors (Lipinski definition) is 5. The molecule has 0 atom stereocenters. The Morgan fingerprint density at radius 1 is 1.03 bits per heavy atom. The number of amides is 2. The second-order valence-electron chi connectivity index (χ2n) is 8.48. The summed E-state index contributed by atoms with van der Waals surface area (Å²) in [4.78, 5) is 28.5. The SMILES string of the molecule is Cc1cccc(OCc2ccc(C(=O)N3CCCN(C(=O)OC(C)(C)C)CC3)o2)c1. The molecule has 0 aliphatic carbocycles. The average molecular weight is 415 g/mol. The number of carbonyl (C=O) groups excluding carboxylic acids is 2. The van der Waals surface area contributed by atoms with Crippen LogP contribution in [0.4, 0.5) is 4.79 Å². The second-order valence-corrected chi connectivity index (χ2v) is 8.48. The molecular formula is C23H30N2O5.